The van der Waals surface area contributed by atoms with Crippen molar-refractivity contribution in [3.63, 3.8) is 0 Å². The van der Waals surface area contributed by atoms with E-state index in [1.807, 2.05) is 21.1 Å². The Hall–Kier alpha value is -2.32. The van der Waals surface area contributed by atoms with Crippen molar-refractivity contribution >= 4 is 13.7 Å². The van der Waals surface area contributed by atoms with Gasteiger partial charge in [0.1, 0.15) is 13.2 Å². The molecule has 0 aromatic heterocycles. The number of phosphoric acid groups is 1. The Morgan fingerprint density at radius 2 is 0.759 bits per heavy atom. The van der Waals surface area contributed by atoms with E-state index in [0.29, 0.717) is 23.9 Å². The number of quaternary nitrogens is 1. The first kappa shape index (κ1) is 76.7. The average molecular weight is 1130 g/mol. The van der Waals surface area contributed by atoms with Gasteiger partial charge in [-0.3, -0.25) is 13.8 Å². The minimum Gasteiger partial charge on any atom is -0.391 e. The van der Waals surface area contributed by atoms with Crippen molar-refractivity contribution in [2.24, 2.45) is 0 Å². The molecule has 3 N–H and O–H groups in total. The second-order valence-corrected chi connectivity index (χ2v) is 25.3. The molecule has 460 valence electrons. The van der Waals surface area contributed by atoms with Crippen LogP contribution in [0.5, 0.6) is 0 Å². The summed E-state index contributed by atoms with van der Waals surface area (Å²) in [5, 5.41) is 14.1. The van der Waals surface area contributed by atoms with Crippen molar-refractivity contribution in [2.75, 3.05) is 40.9 Å². The zero-order valence-electron chi connectivity index (χ0n) is 52.6. The molecule has 0 aliphatic heterocycles. The van der Waals surface area contributed by atoms with Gasteiger partial charge in [-0.15, -0.1) is 0 Å². The van der Waals surface area contributed by atoms with E-state index in [1.54, 1.807) is 0 Å². The molecule has 0 aliphatic carbocycles. The number of allylic oxidation sites excluding steroid dienone is 14. The Kier molecular flexibility index (Phi) is 58.5. The van der Waals surface area contributed by atoms with Crippen molar-refractivity contribution in [1.82, 2.24) is 5.32 Å². The third kappa shape index (κ3) is 63.1. The lowest BCUT2D eigenvalue weighted by atomic mass is 10.0. The first-order valence-electron chi connectivity index (χ1n) is 33.5. The fourth-order valence-electron chi connectivity index (χ4n) is 9.74. The lowest BCUT2D eigenvalue weighted by molar-refractivity contribution is -0.870. The fraction of sp³-hybridized carbons (Fsp3) is 0.786. The standard InChI is InChI=1S/C70H129N2O6P/c1-6-8-10-12-14-16-18-20-22-24-26-28-30-32-34-35-36-37-38-40-42-44-46-48-50-52-54-56-58-60-62-64-70(74)71-68(67-78-79(75,76)77-66-65-72(3,4)5)69(73)63-61-59-57-55-53-51-49-47-45-43-41-39-33-31-29-27-25-23-21-19-17-15-13-11-9-7-2/h8,10,14,16,20,22,26,28,32,34,36-37,40,42,68-69,73H,6-7,9,11-13,15,17-19,21,23-25,27,29-31,33,35,38-39,41,43-67H2,1-5H3,(H-,71,74,75,76)/p+1/b10-8-,16-14-,22-20-,28-26-,34-32-,37-36-,42-40-. The van der Waals surface area contributed by atoms with Crippen LogP contribution in [-0.2, 0) is 18.4 Å². The van der Waals surface area contributed by atoms with E-state index in [2.05, 4.69) is 104 Å². The highest BCUT2D eigenvalue weighted by Gasteiger charge is 2.28. The monoisotopic (exact) mass is 1130 g/mol. The average Bonchev–Trinajstić information content (AvgIpc) is 3.42. The van der Waals surface area contributed by atoms with Crippen LogP contribution < -0.4 is 5.32 Å². The Bertz CT molecular complexity index is 1560. The molecule has 0 spiro atoms. The van der Waals surface area contributed by atoms with Gasteiger partial charge in [0.2, 0.25) is 5.91 Å². The van der Waals surface area contributed by atoms with E-state index in [4.69, 9.17) is 9.05 Å². The van der Waals surface area contributed by atoms with Crippen LogP contribution in [0.15, 0.2) is 85.1 Å². The van der Waals surface area contributed by atoms with E-state index in [-0.39, 0.29) is 19.1 Å². The molecule has 9 heteroatoms. The maximum absolute atomic E-state index is 13.1. The van der Waals surface area contributed by atoms with Crippen LogP contribution in [0.2, 0.25) is 0 Å². The number of hydrogen-bond donors (Lipinski definition) is 3. The van der Waals surface area contributed by atoms with Crippen LogP contribution in [0.1, 0.15) is 303 Å². The summed E-state index contributed by atoms with van der Waals surface area (Å²) in [7, 11) is 1.61. The number of aliphatic hydroxyl groups is 1. The van der Waals surface area contributed by atoms with Gasteiger partial charge >= 0.3 is 7.82 Å². The molecule has 0 rings (SSSR count). The van der Waals surface area contributed by atoms with Crippen LogP contribution in [0.4, 0.5) is 0 Å². The molecule has 1 amide bonds. The predicted octanol–water partition coefficient (Wildman–Crippen LogP) is 21.2. The van der Waals surface area contributed by atoms with Gasteiger partial charge < -0.3 is 19.8 Å². The number of phosphoric ester groups is 1. The lowest BCUT2D eigenvalue weighted by Crippen LogP contribution is -2.46. The normalized spacial score (nSPS) is 14.3. The number of amides is 1. The lowest BCUT2D eigenvalue weighted by Gasteiger charge is -2.26. The maximum atomic E-state index is 13.1. The molecule has 0 bridgehead atoms. The quantitative estimate of drug-likeness (QED) is 0.0243. The van der Waals surface area contributed by atoms with Crippen molar-refractivity contribution in [3.05, 3.63) is 85.1 Å². The van der Waals surface area contributed by atoms with Gasteiger partial charge in [-0.05, 0) is 70.6 Å². The van der Waals surface area contributed by atoms with E-state index in [1.165, 1.54) is 186 Å². The van der Waals surface area contributed by atoms with Gasteiger partial charge in [-0.1, -0.05) is 311 Å². The molecule has 0 saturated carbocycles. The number of hydrogen-bond acceptors (Lipinski definition) is 5. The smallest absolute Gasteiger partial charge is 0.391 e. The number of nitrogens with zero attached hydrogens (tertiary/aromatic N) is 1. The highest BCUT2D eigenvalue weighted by Crippen LogP contribution is 2.43. The summed E-state index contributed by atoms with van der Waals surface area (Å²) in [6, 6.07) is -0.771. The summed E-state index contributed by atoms with van der Waals surface area (Å²) in [6.45, 7) is 4.80. The molecule has 0 fully saturated rings. The number of nitrogens with one attached hydrogen (secondary N) is 1. The third-order valence-corrected chi connectivity index (χ3v) is 15.9. The number of carbonyl (C=O) groups excluding carboxylic acids is 1. The van der Waals surface area contributed by atoms with Crippen molar-refractivity contribution in [2.45, 2.75) is 315 Å². The summed E-state index contributed by atoms with van der Waals surface area (Å²) in [5.74, 6) is -0.150. The molecule has 0 saturated heterocycles. The molecular weight excluding hydrogens is 996 g/mol. The largest absolute Gasteiger partial charge is 0.472 e. The first-order chi connectivity index (χ1) is 38.5. The van der Waals surface area contributed by atoms with Crippen LogP contribution in [-0.4, -0.2) is 73.4 Å². The summed E-state index contributed by atoms with van der Waals surface area (Å²) < 4.78 is 23.9. The molecule has 3 unspecified atom stereocenters. The third-order valence-electron chi connectivity index (χ3n) is 14.9. The van der Waals surface area contributed by atoms with Crippen molar-refractivity contribution in [3.8, 4) is 0 Å². The van der Waals surface area contributed by atoms with Gasteiger partial charge in [0.25, 0.3) is 0 Å². The predicted molar refractivity (Wildman–Crippen MR) is 346 cm³/mol. The zero-order valence-corrected chi connectivity index (χ0v) is 53.5. The number of likely N-dealkylation sites (N-methyl/N-ethyl adjacent to an activating group) is 1. The van der Waals surface area contributed by atoms with Crippen molar-refractivity contribution < 1.29 is 32.9 Å². The minimum atomic E-state index is -4.34. The molecule has 0 aliphatic rings. The van der Waals surface area contributed by atoms with Crippen LogP contribution in [0, 0.1) is 0 Å². The maximum Gasteiger partial charge on any atom is 0.472 e. The number of unbranched alkanes of at least 4 members (excludes halogenated alkanes) is 34. The fourth-order valence-corrected chi connectivity index (χ4v) is 10.5. The molecule has 79 heavy (non-hydrogen) atoms. The molecular formula is C70H130N2O6P+. The van der Waals surface area contributed by atoms with E-state index < -0.39 is 20.0 Å². The van der Waals surface area contributed by atoms with Gasteiger partial charge in [0.15, 0.2) is 0 Å². The Labute approximate surface area is 490 Å². The number of rotatable bonds is 61. The van der Waals surface area contributed by atoms with E-state index >= 15 is 0 Å². The van der Waals surface area contributed by atoms with Crippen molar-refractivity contribution in [1.29, 1.82) is 0 Å². The number of aliphatic hydroxyl groups excluding tert-OH is 1. The summed E-state index contributed by atoms with van der Waals surface area (Å²) in [4.78, 5) is 23.4. The summed E-state index contributed by atoms with van der Waals surface area (Å²) in [5.41, 5.74) is 0. The van der Waals surface area contributed by atoms with Gasteiger partial charge in [0.05, 0.1) is 39.9 Å². The molecule has 0 heterocycles. The SMILES string of the molecule is CC/C=C\C/C=C\C/C=C\C/C=C\C/C=C\C/C=C\C/C=C\CCCCCCCCCCCC(=O)NC(COP(=O)(O)OCC[N+](C)(C)C)C(O)CCCCCCCCCCCCCCCCCCCCCCCCCCCC. The van der Waals surface area contributed by atoms with Crippen LogP contribution >= 0.6 is 7.82 Å². The van der Waals surface area contributed by atoms with Crippen LogP contribution in [0.25, 0.3) is 0 Å². The number of carbonyl (C=O) groups is 1. The zero-order chi connectivity index (χ0) is 57.7. The second kappa shape index (κ2) is 60.3. The topological polar surface area (TPSA) is 105 Å². The Morgan fingerprint density at radius 1 is 0.443 bits per heavy atom. The van der Waals surface area contributed by atoms with Crippen LogP contribution in [0.3, 0.4) is 0 Å². The highest BCUT2D eigenvalue weighted by molar-refractivity contribution is 7.47. The molecule has 0 aromatic carbocycles. The van der Waals surface area contributed by atoms with E-state index in [0.717, 1.165) is 89.9 Å². The molecule has 8 nitrogen and oxygen atoms in total. The van der Waals surface area contributed by atoms with E-state index in [9.17, 15) is 19.4 Å². The van der Waals surface area contributed by atoms with Gasteiger partial charge in [-0.2, -0.15) is 0 Å². The molecule has 0 aromatic rings. The Morgan fingerprint density at radius 3 is 1.11 bits per heavy atom. The summed E-state index contributed by atoms with van der Waals surface area (Å²) >= 11 is 0. The highest BCUT2D eigenvalue weighted by atomic mass is 31.2. The van der Waals surface area contributed by atoms with Gasteiger partial charge in [0, 0.05) is 6.42 Å². The Balaban J connectivity index is 4.12. The van der Waals surface area contributed by atoms with Gasteiger partial charge in [-0.25, -0.2) is 4.57 Å². The second-order valence-electron chi connectivity index (χ2n) is 23.8. The first-order valence-corrected chi connectivity index (χ1v) is 34.9. The molecule has 0 radical (unpaired) electrons. The molecule has 3 atom stereocenters. The minimum absolute atomic E-state index is 0.0703. The summed E-state index contributed by atoms with van der Waals surface area (Å²) in [6.07, 6.45) is 85.2.